The number of aromatic hydroxyl groups is 1. The van der Waals surface area contributed by atoms with Crippen LogP contribution in [0.5, 0.6) is 5.75 Å². The van der Waals surface area contributed by atoms with E-state index < -0.39 is 0 Å². The van der Waals surface area contributed by atoms with E-state index in [2.05, 4.69) is 10.2 Å². The van der Waals surface area contributed by atoms with Gasteiger partial charge in [0.25, 0.3) is 5.91 Å². The van der Waals surface area contributed by atoms with Crippen LogP contribution >= 0.6 is 0 Å². The number of carbonyl (C=O) groups is 1. The van der Waals surface area contributed by atoms with Crippen LogP contribution in [0, 0.1) is 0 Å². The number of likely N-dealkylation sites (tertiary alicyclic amines) is 1. The van der Waals surface area contributed by atoms with Crippen molar-refractivity contribution in [2.24, 2.45) is 0 Å². The van der Waals surface area contributed by atoms with Gasteiger partial charge in [0, 0.05) is 29.6 Å². The molecule has 2 N–H and O–H groups in total. The molecule has 1 aliphatic heterocycles. The zero-order valence-electron chi connectivity index (χ0n) is 16.2. The Morgan fingerprint density at radius 3 is 2.57 bits per heavy atom. The van der Waals surface area contributed by atoms with Crippen molar-refractivity contribution in [3.8, 4) is 17.1 Å². The Hall–Kier alpha value is -2.79. The lowest BCUT2D eigenvalue weighted by Crippen LogP contribution is -2.29. The minimum atomic E-state index is -0.175. The molecule has 28 heavy (non-hydrogen) atoms. The van der Waals surface area contributed by atoms with E-state index in [4.69, 9.17) is 4.42 Å². The van der Waals surface area contributed by atoms with Gasteiger partial charge in [-0.3, -0.25) is 9.69 Å². The number of rotatable bonds is 5. The van der Waals surface area contributed by atoms with Gasteiger partial charge in [-0.2, -0.15) is 0 Å². The minimum Gasteiger partial charge on any atom is -0.508 e. The van der Waals surface area contributed by atoms with Crippen LogP contribution in [-0.4, -0.2) is 35.5 Å². The molecule has 4 rings (SSSR count). The lowest BCUT2D eigenvalue weighted by molar-refractivity contribution is 0.0957. The van der Waals surface area contributed by atoms with Gasteiger partial charge in [0.2, 0.25) is 0 Å². The number of carbonyl (C=O) groups excluding carboxylic acids is 1. The monoisotopic (exact) mass is 378 g/mol. The molecule has 1 saturated heterocycles. The highest BCUT2D eigenvalue weighted by Gasteiger charge is 2.26. The molecule has 0 aliphatic carbocycles. The van der Waals surface area contributed by atoms with E-state index in [-0.39, 0.29) is 11.7 Å². The third-order valence-electron chi connectivity index (χ3n) is 5.37. The molecule has 5 nitrogen and oxygen atoms in total. The highest BCUT2D eigenvalue weighted by molar-refractivity contribution is 6.12. The lowest BCUT2D eigenvalue weighted by atomic mass is 9.99. The summed E-state index contributed by atoms with van der Waals surface area (Å²) in [5.74, 6) is 0.585. The van der Waals surface area contributed by atoms with E-state index in [1.807, 2.05) is 37.3 Å². The van der Waals surface area contributed by atoms with Crippen molar-refractivity contribution in [3.05, 3.63) is 53.6 Å². The summed E-state index contributed by atoms with van der Waals surface area (Å²) < 4.78 is 6.15. The van der Waals surface area contributed by atoms with E-state index in [1.165, 1.54) is 19.3 Å². The maximum absolute atomic E-state index is 13.0. The van der Waals surface area contributed by atoms with Gasteiger partial charge in [0.1, 0.15) is 17.1 Å². The number of fused-ring (bicyclic) bond motifs is 1. The fourth-order valence-corrected chi connectivity index (χ4v) is 4.01. The molecule has 1 fully saturated rings. The average molecular weight is 378 g/mol. The summed E-state index contributed by atoms with van der Waals surface area (Å²) in [7, 11) is 0. The first-order valence-corrected chi connectivity index (χ1v) is 10.0. The van der Waals surface area contributed by atoms with Crippen molar-refractivity contribution >= 4 is 16.9 Å². The standard InChI is InChI=1S/C23H26N2O3/c1-2-24-23(27)21-20-17(15-25-13-7-4-8-14-25)18(26)11-12-19(20)28-22(21)16-9-5-3-6-10-16/h3,5-6,9-12,26H,2,4,7-8,13-15H2,1H3,(H,24,27). The van der Waals surface area contributed by atoms with Crippen LogP contribution < -0.4 is 5.32 Å². The van der Waals surface area contributed by atoms with Crippen molar-refractivity contribution < 1.29 is 14.3 Å². The molecule has 2 aromatic carbocycles. The second-order valence-corrected chi connectivity index (χ2v) is 7.30. The molecule has 2 heterocycles. The molecule has 0 unspecified atom stereocenters. The second kappa shape index (κ2) is 8.07. The molecule has 0 bridgehead atoms. The number of hydrogen-bond acceptors (Lipinski definition) is 4. The van der Waals surface area contributed by atoms with E-state index >= 15 is 0 Å². The number of phenolic OH excluding ortho intramolecular Hbond substituents is 1. The Kier molecular flexibility index (Phi) is 5.35. The minimum absolute atomic E-state index is 0.175. The largest absolute Gasteiger partial charge is 0.508 e. The molecule has 0 atom stereocenters. The number of hydrogen-bond donors (Lipinski definition) is 2. The van der Waals surface area contributed by atoms with Crippen molar-refractivity contribution in [1.82, 2.24) is 10.2 Å². The molecular weight excluding hydrogens is 352 g/mol. The molecule has 0 saturated carbocycles. The fourth-order valence-electron chi connectivity index (χ4n) is 4.01. The van der Waals surface area contributed by atoms with Gasteiger partial charge in [-0.25, -0.2) is 0 Å². The summed E-state index contributed by atoms with van der Waals surface area (Å²) in [5, 5.41) is 14.3. The first-order chi connectivity index (χ1) is 13.7. The number of furan rings is 1. The fraction of sp³-hybridized carbons (Fsp3) is 0.348. The van der Waals surface area contributed by atoms with Gasteiger partial charge in [0.15, 0.2) is 0 Å². The Balaban J connectivity index is 1.90. The van der Waals surface area contributed by atoms with Gasteiger partial charge in [-0.1, -0.05) is 36.8 Å². The van der Waals surface area contributed by atoms with Crippen LogP contribution in [0.2, 0.25) is 0 Å². The second-order valence-electron chi connectivity index (χ2n) is 7.30. The predicted octanol–water partition coefficient (Wildman–Crippen LogP) is 4.54. The third kappa shape index (κ3) is 3.50. The molecule has 1 aliphatic rings. The third-order valence-corrected chi connectivity index (χ3v) is 5.37. The molecule has 1 amide bonds. The number of nitrogens with one attached hydrogen (secondary N) is 1. The average Bonchev–Trinajstić information content (AvgIpc) is 3.12. The molecule has 1 aromatic heterocycles. The van der Waals surface area contributed by atoms with E-state index in [9.17, 15) is 9.90 Å². The summed E-state index contributed by atoms with van der Waals surface area (Å²) >= 11 is 0. The van der Waals surface area contributed by atoms with Gasteiger partial charge >= 0.3 is 0 Å². The van der Waals surface area contributed by atoms with Crippen molar-refractivity contribution in [1.29, 1.82) is 0 Å². The van der Waals surface area contributed by atoms with Gasteiger partial charge < -0.3 is 14.8 Å². The molecule has 3 aromatic rings. The molecule has 0 spiro atoms. The number of phenols is 1. The summed E-state index contributed by atoms with van der Waals surface area (Å²) in [4.78, 5) is 15.3. The SMILES string of the molecule is CCNC(=O)c1c(-c2ccccc2)oc2ccc(O)c(CN3CCCCC3)c12. The Labute approximate surface area is 165 Å². The smallest absolute Gasteiger partial charge is 0.255 e. The van der Waals surface area contributed by atoms with Gasteiger partial charge in [-0.15, -0.1) is 0 Å². The van der Waals surface area contributed by atoms with Crippen LogP contribution in [0.1, 0.15) is 42.1 Å². The summed E-state index contributed by atoms with van der Waals surface area (Å²) in [6, 6.07) is 13.1. The van der Waals surface area contributed by atoms with E-state index in [0.29, 0.717) is 30.0 Å². The normalized spacial score (nSPS) is 15.0. The highest BCUT2D eigenvalue weighted by atomic mass is 16.3. The summed E-state index contributed by atoms with van der Waals surface area (Å²) in [6.45, 7) is 5.06. The number of nitrogens with zero attached hydrogens (tertiary/aromatic N) is 1. The van der Waals surface area contributed by atoms with Crippen LogP contribution in [0.25, 0.3) is 22.3 Å². The quantitative estimate of drug-likeness (QED) is 0.684. The van der Waals surface area contributed by atoms with Crippen LogP contribution in [0.15, 0.2) is 46.9 Å². The zero-order chi connectivity index (χ0) is 19.5. The first kappa shape index (κ1) is 18.6. The molecule has 5 heteroatoms. The lowest BCUT2D eigenvalue weighted by Gasteiger charge is -2.27. The van der Waals surface area contributed by atoms with Crippen LogP contribution in [0.4, 0.5) is 0 Å². The van der Waals surface area contributed by atoms with E-state index in [0.717, 1.165) is 29.6 Å². The number of amides is 1. The topological polar surface area (TPSA) is 65.7 Å². The molecule has 146 valence electrons. The number of benzene rings is 2. The van der Waals surface area contributed by atoms with Gasteiger partial charge in [-0.05, 0) is 45.0 Å². The summed E-state index contributed by atoms with van der Waals surface area (Å²) in [5.41, 5.74) is 2.76. The maximum Gasteiger partial charge on any atom is 0.255 e. The van der Waals surface area contributed by atoms with Crippen LogP contribution in [0.3, 0.4) is 0 Å². The highest BCUT2D eigenvalue weighted by Crippen LogP contribution is 2.39. The Bertz CT molecular complexity index is 972. The maximum atomic E-state index is 13.0. The van der Waals surface area contributed by atoms with E-state index in [1.54, 1.807) is 12.1 Å². The summed E-state index contributed by atoms with van der Waals surface area (Å²) in [6.07, 6.45) is 3.59. The first-order valence-electron chi connectivity index (χ1n) is 10.0. The Morgan fingerprint density at radius 2 is 1.86 bits per heavy atom. The van der Waals surface area contributed by atoms with Gasteiger partial charge in [0.05, 0.1) is 5.56 Å². The predicted molar refractivity (Wildman–Crippen MR) is 110 cm³/mol. The zero-order valence-corrected chi connectivity index (χ0v) is 16.2. The van der Waals surface area contributed by atoms with Crippen LogP contribution in [-0.2, 0) is 6.54 Å². The Morgan fingerprint density at radius 1 is 1.11 bits per heavy atom. The van der Waals surface area contributed by atoms with Crippen molar-refractivity contribution in [3.63, 3.8) is 0 Å². The van der Waals surface area contributed by atoms with Crippen molar-refractivity contribution in [2.45, 2.75) is 32.7 Å². The molecule has 0 radical (unpaired) electrons. The number of piperidine rings is 1. The molecular formula is C23H26N2O3. The van der Waals surface area contributed by atoms with Crippen molar-refractivity contribution in [2.75, 3.05) is 19.6 Å².